The predicted molar refractivity (Wildman–Crippen MR) is 168 cm³/mol. The van der Waals surface area contributed by atoms with Gasteiger partial charge in [0.05, 0.1) is 36.4 Å². The molecule has 10 nitrogen and oxygen atoms in total. The van der Waals surface area contributed by atoms with Crippen LogP contribution >= 0.6 is 0 Å². The number of sulfonamides is 1. The van der Waals surface area contributed by atoms with Crippen LogP contribution in [0.3, 0.4) is 0 Å². The van der Waals surface area contributed by atoms with E-state index in [2.05, 4.69) is 15.8 Å². The molecule has 1 aliphatic heterocycles. The van der Waals surface area contributed by atoms with E-state index in [4.69, 9.17) is 9.57 Å². The molecule has 3 aromatic carbocycles. The van der Waals surface area contributed by atoms with E-state index >= 15 is 0 Å². The minimum absolute atomic E-state index is 0.00881. The minimum atomic E-state index is -3.59. The highest BCUT2D eigenvalue weighted by atomic mass is 32.2. The molecular weight excluding hydrogens is 606 g/mol. The molecule has 4 rings (SSSR count). The van der Waals surface area contributed by atoms with E-state index in [0.29, 0.717) is 42.1 Å². The monoisotopic (exact) mass is 644 g/mol. The molecule has 0 spiro atoms. The Morgan fingerprint density at radius 2 is 1.76 bits per heavy atom. The number of amides is 1. The van der Waals surface area contributed by atoms with Gasteiger partial charge in [0, 0.05) is 36.8 Å². The van der Waals surface area contributed by atoms with E-state index in [1.807, 2.05) is 24.3 Å². The summed E-state index contributed by atoms with van der Waals surface area (Å²) in [5.74, 6) is -1.52. The number of halogens is 2. The number of carbonyl (C=O) groups excluding carboxylic acids is 1. The van der Waals surface area contributed by atoms with E-state index in [1.165, 1.54) is 17.5 Å². The number of benzene rings is 3. The maximum atomic E-state index is 14.0. The van der Waals surface area contributed by atoms with Crippen LogP contribution in [0.4, 0.5) is 14.5 Å². The fourth-order valence-electron chi connectivity index (χ4n) is 5.17. The second-order valence-corrected chi connectivity index (χ2v) is 12.8. The van der Waals surface area contributed by atoms with Crippen molar-refractivity contribution in [3.8, 4) is 5.75 Å². The third-order valence-corrected chi connectivity index (χ3v) is 9.31. The van der Waals surface area contributed by atoms with Crippen LogP contribution in [0, 0.1) is 11.6 Å². The highest BCUT2D eigenvalue weighted by Gasteiger charge is 2.28. The van der Waals surface area contributed by atoms with Crippen molar-refractivity contribution >= 4 is 27.3 Å². The maximum Gasteiger partial charge on any atom is 0.251 e. The number of methoxy groups -OCH3 is 1. The fraction of sp³-hybridized carbons (Fsp3) is 0.375. The first kappa shape index (κ1) is 33.8. The summed E-state index contributed by atoms with van der Waals surface area (Å²) in [6.45, 7) is 2.35. The summed E-state index contributed by atoms with van der Waals surface area (Å²) in [7, 11) is -0.655. The zero-order valence-electron chi connectivity index (χ0n) is 25.4. The summed E-state index contributed by atoms with van der Waals surface area (Å²) in [4.78, 5) is 18.6. The van der Waals surface area contributed by atoms with Gasteiger partial charge in [-0.3, -0.25) is 9.10 Å². The lowest BCUT2D eigenvalue weighted by atomic mass is 9.99. The largest absolute Gasteiger partial charge is 0.497 e. The number of aliphatic hydroxyl groups excluding tert-OH is 1. The van der Waals surface area contributed by atoms with Gasteiger partial charge in [-0.15, -0.1) is 0 Å². The average molecular weight is 645 g/mol. The molecule has 1 amide bonds. The van der Waals surface area contributed by atoms with Crippen LogP contribution in [0.25, 0.3) is 0 Å². The second kappa shape index (κ2) is 15.3. The highest BCUT2D eigenvalue weighted by molar-refractivity contribution is 7.92. The van der Waals surface area contributed by atoms with Gasteiger partial charge in [0.2, 0.25) is 10.0 Å². The number of anilines is 1. The van der Waals surface area contributed by atoms with E-state index in [0.717, 1.165) is 23.8 Å². The van der Waals surface area contributed by atoms with Crippen molar-refractivity contribution in [2.75, 3.05) is 37.4 Å². The molecule has 1 heterocycles. The summed E-state index contributed by atoms with van der Waals surface area (Å²) in [5.41, 5.74) is 2.43. The second-order valence-electron chi connectivity index (χ2n) is 10.8. The molecule has 0 bridgehead atoms. The zero-order chi connectivity index (χ0) is 32.6. The van der Waals surface area contributed by atoms with Crippen LogP contribution in [0.2, 0.25) is 0 Å². The number of nitrogens with zero attached hydrogens (tertiary/aromatic N) is 2. The van der Waals surface area contributed by atoms with Crippen molar-refractivity contribution in [3.63, 3.8) is 0 Å². The molecule has 3 N–H and O–H groups in total. The van der Waals surface area contributed by atoms with Gasteiger partial charge in [0.1, 0.15) is 24.5 Å². The molecule has 1 saturated heterocycles. The van der Waals surface area contributed by atoms with Crippen molar-refractivity contribution < 1.29 is 36.7 Å². The van der Waals surface area contributed by atoms with E-state index in [1.54, 1.807) is 26.2 Å². The lowest BCUT2D eigenvalue weighted by Crippen LogP contribution is -2.48. The molecule has 1 fully saturated rings. The van der Waals surface area contributed by atoms with Crippen molar-refractivity contribution in [1.82, 2.24) is 10.6 Å². The summed E-state index contributed by atoms with van der Waals surface area (Å²) in [6.07, 6.45) is -0.0492. The minimum Gasteiger partial charge on any atom is -0.497 e. The lowest BCUT2D eigenvalue weighted by Gasteiger charge is -2.29. The van der Waals surface area contributed by atoms with Gasteiger partial charge in [-0.05, 0) is 79.8 Å². The average Bonchev–Trinajstić information content (AvgIpc) is 3.00. The van der Waals surface area contributed by atoms with Gasteiger partial charge >= 0.3 is 0 Å². The standard InChI is InChI=1S/C32H38F2N4O6S/c1-21(37-44-3)24-15-25(17-28(16-24)38-9-4-5-10-45(38,41)42)32(40)36-30(14-23-11-26(33)18-27(34)12-23)31(39)20-35-19-22-7-6-8-29(13-22)43-2/h6-8,11-13,15-18,30-31,35,39H,4-5,9-10,14,19-20H2,1-3H3,(H,36,40)/t30-,31+/m0/s1. The summed E-state index contributed by atoms with van der Waals surface area (Å²) in [5, 5.41) is 21.1. The molecule has 1 aliphatic rings. The first-order valence-electron chi connectivity index (χ1n) is 14.5. The normalized spacial score (nSPS) is 16.1. The van der Waals surface area contributed by atoms with Gasteiger partial charge in [-0.2, -0.15) is 0 Å². The first-order chi connectivity index (χ1) is 21.5. The van der Waals surface area contributed by atoms with Crippen molar-refractivity contribution in [3.05, 3.63) is 94.6 Å². The SMILES string of the molecule is CON=C(C)c1cc(C(=O)N[C@@H](Cc2cc(F)cc(F)c2)[C@H](O)CNCc2cccc(OC)c2)cc(N2CCCCS2(=O)=O)c1. The molecular formula is C32H38F2N4O6S. The first-order valence-corrected chi connectivity index (χ1v) is 16.1. The van der Waals surface area contributed by atoms with Gasteiger partial charge in [0.25, 0.3) is 5.91 Å². The van der Waals surface area contributed by atoms with E-state index < -0.39 is 39.7 Å². The summed E-state index contributed by atoms with van der Waals surface area (Å²) < 4.78 is 60.4. The molecule has 3 aromatic rings. The Morgan fingerprint density at radius 1 is 1.02 bits per heavy atom. The Bertz CT molecular complexity index is 1620. The Morgan fingerprint density at radius 3 is 2.44 bits per heavy atom. The van der Waals surface area contributed by atoms with Crippen LogP contribution in [0.1, 0.15) is 46.8 Å². The predicted octanol–water partition coefficient (Wildman–Crippen LogP) is 3.77. The Kier molecular flexibility index (Phi) is 11.5. The molecule has 0 unspecified atom stereocenters. The molecule has 0 radical (unpaired) electrons. The van der Waals surface area contributed by atoms with E-state index in [9.17, 15) is 27.1 Å². The van der Waals surface area contributed by atoms with Crippen molar-refractivity contribution in [1.29, 1.82) is 0 Å². The summed E-state index contributed by atoms with van der Waals surface area (Å²) >= 11 is 0. The number of aliphatic hydroxyl groups is 1. The van der Waals surface area contributed by atoms with Gasteiger partial charge < -0.3 is 25.3 Å². The third kappa shape index (κ3) is 9.22. The molecule has 45 heavy (non-hydrogen) atoms. The van der Waals surface area contributed by atoms with Gasteiger partial charge in [0.15, 0.2) is 0 Å². The number of nitrogens with one attached hydrogen (secondary N) is 2. The molecule has 2 atom stereocenters. The van der Waals surface area contributed by atoms with Crippen molar-refractivity contribution in [2.24, 2.45) is 5.16 Å². The molecule has 13 heteroatoms. The highest BCUT2D eigenvalue weighted by Crippen LogP contribution is 2.27. The van der Waals surface area contributed by atoms with Crippen molar-refractivity contribution in [2.45, 2.75) is 44.9 Å². The van der Waals surface area contributed by atoms with Crippen LogP contribution in [0.5, 0.6) is 5.75 Å². The van der Waals surface area contributed by atoms with Crippen LogP contribution in [0.15, 0.2) is 65.8 Å². The Labute approximate surface area is 262 Å². The van der Waals surface area contributed by atoms with Crippen LogP contribution < -0.4 is 19.7 Å². The number of oxime groups is 1. The topological polar surface area (TPSA) is 130 Å². The molecule has 0 saturated carbocycles. The van der Waals surface area contributed by atoms with E-state index in [-0.39, 0.29) is 36.4 Å². The maximum absolute atomic E-state index is 14.0. The van der Waals surface area contributed by atoms with Gasteiger partial charge in [-0.25, -0.2) is 17.2 Å². The smallest absolute Gasteiger partial charge is 0.251 e. The quantitative estimate of drug-likeness (QED) is 0.191. The van der Waals surface area contributed by atoms with Gasteiger partial charge in [-0.1, -0.05) is 17.3 Å². The molecule has 0 aliphatic carbocycles. The van der Waals surface area contributed by atoms with Crippen LogP contribution in [-0.4, -0.2) is 70.4 Å². The number of hydrogen-bond donors (Lipinski definition) is 3. The fourth-order valence-corrected chi connectivity index (χ4v) is 6.79. The number of carbonyl (C=O) groups is 1. The Hall–Kier alpha value is -4.07. The molecule has 242 valence electrons. The number of ether oxygens (including phenoxy) is 1. The number of hydrogen-bond acceptors (Lipinski definition) is 8. The summed E-state index contributed by atoms with van der Waals surface area (Å²) in [6, 6.07) is 14.1. The Balaban J connectivity index is 1.61. The molecule has 0 aromatic heterocycles. The lowest BCUT2D eigenvalue weighted by molar-refractivity contribution is 0.0830. The van der Waals surface area contributed by atoms with Crippen LogP contribution in [-0.2, 0) is 27.8 Å². The zero-order valence-corrected chi connectivity index (χ0v) is 26.2. The number of rotatable bonds is 13. The third-order valence-electron chi connectivity index (χ3n) is 7.44.